The molecule has 5 rings (SSSR count). The summed E-state index contributed by atoms with van der Waals surface area (Å²) in [5, 5.41) is 7.98. The molecular formula is C39H33N3O5S. The van der Waals surface area contributed by atoms with Crippen molar-refractivity contribution in [2.75, 3.05) is 17.7 Å². The molecule has 9 heteroatoms. The lowest BCUT2D eigenvalue weighted by atomic mass is 10.1. The van der Waals surface area contributed by atoms with Crippen LogP contribution in [-0.4, -0.2) is 30.6 Å². The summed E-state index contributed by atoms with van der Waals surface area (Å²) in [4.78, 5) is 52.4. The van der Waals surface area contributed by atoms with E-state index < -0.39 is 17.1 Å². The number of ketones is 1. The van der Waals surface area contributed by atoms with Gasteiger partial charge in [-0.15, -0.1) is 11.8 Å². The normalized spacial score (nSPS) is 11.6. The molecule has 5 aromatic carbocycles. The van der Waals surface area contributed by atoms with Crippen LogP contribution in [0.15, 0.2) is 144 Å². The van der Waals surface area contributed by atoms with E-state index in [-0.39, 0.29) is 17.4 Å². The van der Waals surface area contributed by atoms with Gasteiger partial charge >= 0.3 is 0 Å². The Morgan fingerprint density at radius 2 is 1.31 bits per heavy atom. The molecule has 240 valence electrons. The Kier molecular flexibility index (Phi) is 11.2. The standard InChI is InChI=1S/C39H33N3O5S/c1-26(43)28-16-18-31(19-17-28)41-39(46)36(29-11-5-3-6-12-29)48-34-22-20-32(21-23-34)40-38(45)35(25-27-10-9-15-33(24-27)47-2)42-37(44)30-13-7-4-8-14-30/h3-25,36H,1-2H3,(H,40,45)(H,41,46)(H,42,44)/b35-25-. The number of thioether (sulfide) groups is 1. The molecule has 3 amide bonds. The zero-order chi connectivity index (χ0) is 33.9. The molecule has 8 nitrogen and oxygen atoms in total. The van der Waals surface area contributed by atoms with Crippen LogP contribution in [0.4, 0.5) is 11.4 Å². The Morgan fingerprint density at radius 1 is 0.688 bits per heavy atom. The molecule has 3 N–H and O–H groups in total. The van der Waals surface area contributed by atoms with Crippen LogP contribution in [-0.2, 0) is 9.59 Å². The number of benzene rings is 5. The van der Waals surface area contributed by atoms with Gasteiger partial charge in [0.25, 0.3) is 11.8 Å². The average Bonchev–Trinajstić information content (AvgIpc) is 3.12. The minimum Gasteiger partial charge on any atom is -0.497 e. The number of anilines is 2. The maximum Gasteiger partial charge on any atom is 0.272 e. The van der Waals surface area contributed by atoms with Gasteiger partial charge < -0.3 is 20.7 Å². The van der Waals surface area contributed by atoms with E-state index in [0.29, 0.717) is 33.8 Å². The van der Waals surface area contributed by atoms with E-state index in [9.17, 15) is 19.2 Å². The molecule has 0 radical (unpaired) electrons. The molecule has 0 spiro atoms. The maximum absolute atomic E-state index is 13.5. The number of hydrogen-bond acceptors (Lipinski definition) is 6. The third-order valence-electron chi connectivity index (χ3n) is 7.20. The number of amides is 3. The second kappa shape index (κ2) is 16.1. The van der Waals surface area contributed by atoms with E-state index >= 15 is 0 Å². The summed E-state index contributed by atoms with van der Waals surface area (Å²) in [6.07, 6.45) is 1.58. The summed E-state index contributed by atoms with van der Waals surface area (Å²) in [7, 11) is 1.55. The van der Waals surface area contributed by atoms with Crippen molar-refractivity contribution < 1.29 is 23.9 Å². The largest absolute Gasteiger partial charge is 0.497 e. The molecule has 48 heavy (non-hydrogen) atoms. The van der Waals surface area contributed by atoms with Gasteiger partial charge in [0, 0.05) is 27.4 Å². The number of ether oxygens (including phenoxy) is 1. The summed E-state index contributed by atoms with van der Waals surface area (Å²) in [6.45, 7) is 1.49. The van der Waals surface area contributed by atoms with E-state index in [1.807, 2.05) is 48.5 Å². The smallest absolute Gasteiger partial charge is 0.272 e. The lowest BCUT2D eigenvalue weighted by molar-refractivity contribution is -0.116. The summed E-state index contributed by atoms with van der Waals surface area (Å²) in [6, 6.07) is 39.1. The molecule has 0 bridgehead atoms. The molecule has 0 heterocycles. The number of Topliss-reactive ketones (excluding diaryl/α,β-unsaturated/α-hetero) is 1. The third kappa shape index (κ3) is 9.08. The molecule has 0 fully saturated rings. The SMILES string of the molecule is COc1cccc(/C=C(\NC(=O)c2ccccc2)C(=O)Nc2ccc(SC(C(=O)Nc3ccc(C(C)=O)cc3)c3ccccc3)cc2)c1. The monoisotopic (exact) mass is 655 g/mol. The van der Waals surface area contributed by atoms with Crippen molar-refractivity contribution in [3.63, 3.8) is 0 Å². The fourth-order valence-corrected chi connectivity index (χ4v) is 5.71. The van der Waals surface area contributed by atoms with Gasteiger partial charge in [-0.3, -0.25) is 19.2 Å². The van der Waals surface area contributed by atoms with Crippen molar-refractivity contribution in [3.05, 3.63) is 161 Å². The van der Waals surface area contributed by atoms with Crippen molar-refractivity contribution in [1.29, 1.82) is 0 Å². The second-order valence-corrected chi connectivity index (χ2v) is 11.8. The predicted molar refractivity (Wildman–Crippen MR) is 190 cm³/mol. The van der Waals surface area contributed by atoms with Crippen LogP contribution in [0, 0.1) is 0 Å². The van der Waals surface area contributed by atoms with E-state index in [1.165, 1.54) is 18.7 Å². The average molecular weight is 656 g/mol. The first-order valence-electron chi connectivity index (χ1n) is 15.1. The highest BCUT2D eigenvalue weighted by Gasteiger charge is 2.23. The highest BCUT2D eigenvalue weighted by molar-refractivity contribution is 8.00. The van der Waals surface area contributed by atoms with Gasteiger partial charge in [-0.1, -0.05) is 60.7 Å². The summed E-state index contributed by atoms with van der Waals surface area (Å²) in [5.41, 5.74) is 3.60. The van der Waals surface area contributed by atoms with Gasteiger partial charge in [0.15, 0.2) is 5.78 Å². The molecule has 1 unspecified atom stereocenters. The molecule has 0 aliphatic carbocycles. The first kappa shape index (κ1) is 33.4. The minimum atomic E-state index is -0.579. The number of hydrogen-bond donors (Lipinski definition) is 3. The van der Waals surface area contributed by atoms with Gasteiger partial charge in [-0.25, -0.2) is 0 Å². The molecule has 1 atom stereocenters. The van der Waals surface area contributed by atoms with Gasteiger partial charge in [-0.2, -0.15) is 0 Å². The molecule has 0 aliphatic heterocycles. The van der Waals surface area contributed by atoms with Crippen LogP contribution >= 0.6 is 11.8 Å². The summed E-state index contributed by atoms with van der Waals surface area (Å²) < 4.78 is 5.31. The summed E-state index contributed by atoms with van der Waals surface area (Å²) >= 11 is 1.36. The third-order valence-corrected chi connectivity index (χ3v) is 8.47. The first-order chi connectivity index (χ1) is 23.3. The van der Waals surface area contributed by atoms with Gasteiger partial charge in [0.05, 0.1) is 7.11 Å². The van der Waals surface area contributed by atoms with Gasteiger partial charge in [0.1, 0.15) is 16.7 Å². The fraction of sp³-hybridized carbons (Fsp3) is 0.0769. The highest BCUT2D eigenvalue weighted by atomic mass is 32.2. The zero-order valence-electron chi connectivity index (χ0n) is 26.3. The number of methoxy groups -OCH3 is 1. The van der Waals surface area contributed by atoms with Crippen LogP contribution in [0.2, 0.25) is 0 Å². The Balaban J connectivity index is 1.32. The van der Waals surface area contributed by atoms with Crippen LogP contribution < -0.4 is 20.7 Å². The van der Waals surface area contributed by atoms with E-state index in [2.05, 4.69) is 16.0 Å². The van der Waals surface area contributed by atoms with Crippen molar-refractivity contribution >= 4 is 52.7 Å². The second-order valence-electron chi connectivity index (χ2n) is 10.7. The lowest BCUT2D eigenvalue weighted by Gasteiger charge is -2.18. The molecule has 0 aliphatic rings. The van der Waals surface area contributed by atoms with E-state index in [0.717, 1.165) is 10.5 Å². The molecular weight excluding hydrogens is 623 g/mol. The Morgan fingerprint density at radius 3 is 1.96 bits per heavy atom. The van der Waals surface area contributed by atoms with Crippen molar-refractivity contribution in [1.82, 2.24) is 5.32 Å². The van der Waals surface area contributed by atoms with Crippen LogP contribution in [0.25, 0.3) is 6.08 Å². The van der Waals surface area contributed by atoms with Crippen LogP contribution in [0.3, 0.4) is 0 Å². The molecule has 0 saturated heterocycles. The van der Waals surface area contributed by atoms with Gasteiger partial charge in [0.2, 0.25) is 5.91 Å². The molecule has 0 saturated carbocycles. The molecule has 0 aromatic heterocycles. The Labute approximate surface area is 283 Å². The number of nitrogens with one attached hydrogen (secondary N) is 3. The fourth-order valence-electron chi connectivity index (χ4n) is 4.69. The summed E-state index contributed by atoms with van der Waals surface area (Å²) in [5.74, 6) is -0.599. The van der Waals surface area contributed by atoms with Crippen LogP contribution in [0.1, 0.15) is 44.0 Å². The molecule has 5 aromatic rings. The van der Waals surface area contributed by atoms with Crippen molar-refractivity contribution in [2.45, 2.75) is 17.1 Å². The van der Waals surface area contributed by atoms with Crippen molar-refractivity contribution in [3.8, 4) is 5.75 Å². The topological polar surface area (TPSA) is 114 Å². The minimum absolute atomic E-state index is 0.0488. The first-order valence-corrected chi connectivity index (χ1v) is 15.9. The van der Waals surface area contributed by atoms with Gasteiger partial charge in [-0.05, 0) is 96.9 Å². The highest BCUT2D eigenvalue weighted by Crippen LogP contribution is 2.37. The maximum atomic E-state index is 13.5. The zero-order valence-corrected chi connectivity index (χ0v) is 27.1. The Hall–Kier alpha value is -5.93. The van der Waals surface area contributed by atoms with Crippen LogP contribution in [0.5, 0.6) is 5.75 Å². The number of carbonyl (C=O) groups excluding carboxylic acids is 4. The quantitative estimate of drug-likeness (QED) is 0.0719. The van der Waals surface area contributed by atoms with E-state index in [1.54, 1.807) is 98.1 Å². The predicted octanol–water partition coefficient (Wildman–Crippen LogP) is 7.78. The Bertz CT molecular complexity index is 1930. The number of carbonyl (C=O) groups is 4. The van der Waals surface area contributed by atoms with E-state index in [4.69, 9.17) is 4.74 Å². The number of rotatable bonds is 12. The lowest BCUT2D eigenvalue weighted by Crippen LogP contribution is -2.30. The van der Waals surface area contributed by atoms with Crippen molar-refractivity contribution in [2.24, 2.45) is 0 Å².